The molecule has 0 aliphatic heterocycles. The van der Waals surface area contributed by atoms with Gasteiger partial charge in [0.15, 0.2) is 0 Å². The highest BCUT2D eigenvalue weighted by Crippen LogP contribution is 2.18. The van der Waals surface area contributed by atoms with Crippen LogP contribution < -0.4 is 0 Å². The van der Waals surface area contributed by atoms with E-state index >= 15 is 0 Å². The average Bonchev–Trinajstić information content (AvgIpc) is 2.24. The highest BCUT2D eigenvalue weighted by atomic mass is 19.4. The van der Waals surface area contributed by atoms with Gasteiger partial charge < -0.3 is 14.5 Å². The van der Waals surface area contributed by atoms with Crippen molar-refractivity contribution < 1.29 is 27.5 Å². The van der Waals surface area contributed by atoms with Crippen molar-refractivity contribution in [3.8, 4) is 0 Å². The molecule has 8 heteroatoms. The molecule has 0 fully saturated rings. The molecule has 0 heterocycles. The normalized spacial score (nSPS) is 13.6. The lowest BCUT2D eigenvalue weighted by Gasteiger charge is -2.33. The first-order valence-electron chi connectivity index (χ1n) is 6.61. The number of carbonyl (C=O) groups is 2. The van der Waals surface area contributed by atoms with Crippen LogP contribution in [0.4, 0.5) is 18.0 Å². The van der Waals surface area contributed by atoms with E-state index in [4.69, 9.17) is 4.74 Å². The molecule has 0 aromatic rings. The van der Waals surface area contributed by atoms with Crippen molar-refractivity contribution in [2.24, 2.45) is 0 Å². The number of likely N-dealkylation sites (N-methyl/N-ethyl adjacent to an activating group) is 2. The predicted octanol–water partition coefficient (Wildman–Crippen LogP) is 2.65. The first-order chi connectivity index (χ1) is 9.29. The maximum absolute atomic E-state index is 12.3. The highest BCUT2D eigenvalue weighted by molar-refractivity contribution is 5.81. The summed E-state index contributed by atoms with van der Waals surface area (Å²) in [4.78, 5) is 24.9. The van der Waals surface area contributed by atoms with Crippen molar-refractivity contribution >= 4 is 12.0 Å². The third-order valence-corrected chi connectivity index (χ3v) is 2.63. The molecule has 0 aliphatic carbocycles. The summed E-state index contributed by atoms with van der Waals surface area (Å²) in [6, 6.07) is -0.596. The summed E-state index contributed by atoms with van der Waals surface area (Å²) >= 11 is 0. The van der Waals surface area contributed by atoms with Crippen LogP contribution in [0.15, 0.2) is 0 Å². The second kappa shape index (κ2) is 7.00. The Morgan fingerprint density at radius 3 is 2.00 bits per heavy atom. The number of halogens is 3. The fourth-order valence-corrected chi connectivity index (χ4v) is 1.74. The molecule has 1 atom stereocenters. The topological polar surface area (TPSA) is 49.9 Å². The molecule has 2 amide bonds. The summed E-state index contributed by atoms with van der Waals surface area (Å²) < 4.78 is 42.1. The zero-order valence-electron chi connectivity index (χ0n) is 13.2. The van der Waals surface area contributed by atoms with E-state index in [0.29, 0.717) is 4.90 Å². The van der Waals surface area contributed by atoms with E-state index in [9.17, 15) is 22.8 Å². The molecule has 0 bridgehead atoms. The lowest BCUT2D eigenvalue weighted by atomic mass is 10.2. The van der Waals surface area contributed by atoms with E-state index < -0.39 is 29.8 Å². The van der Waals surface area contributed by atoms with Gasteiger partial charge in [0.1, 0.15) is 5.60 Å². The predicted molar refractivity (Wildman–Crippen MR) is 71.8 cm³/mol. The fourth-order valence-electron chi connectivity index (χ4n) is 1.74. The number of nitrogens with zero attached hydrogens (tertiary/aromatic N) is 2. The lowest BCUT2D eigenvalue weighted by molar-refractivity contribution is -0.184. The van der Waals surface area contributed by atoms with Gasteiger partial charge in [0.25, 0.3) is 0 Å². The lowest BCUT2D eigenvalue weighted by Crippen LogP contribution is -2.49. The Balaban J connectivity index is 4.77. The van der Waals surface area contributed by atoms with Crippen molar-refractivity contribution in [3.63, 3.8) is 0 Å². The smallest absolute Gasteiger partial charge is 0.444 e. The van der Waals surface area contributed by atoms with Gasteiger partial charge >= 0.3 is 18.2 Å². The molecule has 0 N–H and O–H groups in total. The van der Waals surface area contributed by atoms with Crippen LogP contribution in [0.25, 0.3) is 0 Å². The maximum atomic E-state index is 12.3. The molecule has 0 aliphatic rings. The first-order valence-corrected chi connectivity index (χ1v) is 6.61. The SMILES string of the molecule is CCN(C(=O)OC(C)(C)C)[C@@H](C)CN(C)C(=O)C(F)(F)F. The van der Waals surface area contributed by atoms with E-state index in [-0.39, 0.29) is 13.1 Å². The van der Waals surface area contributed by atoms with Gasteiger partial charge in [0.05, 0.1) is 0 Å². The Morgan fingerprint density at radius 1 is 1.19 bits per heavy atom. The molecule has 0 saturated carbocycles. The summed E-state index contributed by atoms with van der Waals surface area (Å²) in [5.41, 5.74) is -0.697. The summed E-state index contributed by atoms with van der Waals surface area (Å²) in [6.45, 7) is 8.38. The largest absolute Gasteiger partial charge is 0.471 e. The third-order valence-electron chi connectivity index (χ3n) is 2.63. The Hall–Kier alpha value is -1.47. The van der Waals surface area contributed by atoms with Gasteiger partial charge in [-0.2, -0.15) is 13.2 Å². The third kappa shape index (κ3) is 6.68. The van der Waals surface area contributed by atoms with E-state index in [1.54, 1.807) is 34.6 Å². The van der Waals surface area contributed by atoms with Crippen molar-refractivity contribution in [3.05, 3.63) is 0 Å². The first kappa shape index (κ1) is 19.5. The van der Waals surface area contributed by atoms with E-state index in [1.807, 2.05) is 0 Å². The number of hydrogen-bond acceptors (Lipinski definition) is 3. The molecular weight excluding hydrogens is 289 g/mol. The minimum atomic E-state index is -4.92. The van der Waals surface area contributed by atoms with Crippen LogP contribution in [0.2, 0.25) is 0 Å². The molecular formula is C13H23F3N2O3. The van der Waals surface area contributed by atoms with Gasteiger partial charge in [-0.3, -0.25) is 4.79 Å². The minimum Gasteiger partial charge on any atom is -0.444 e. The molecule has 0 radical (unpaired) electrons. The van der Waals surface area contributed by atoms with Crippen LogP contribution in [0.1, 0.15) is 34.6 Å². The zero-order chi connectivity index (χ0) is 17.0. The van der Waals surface area contributed by atoms with Gasteiger partial charge in [-0.25, -0.2) is 4.79 Å². The second-order valence-corrected chi connectivity index (χ2v) is 5.80. The quantitative estimate of drug-likeness (QED) is 0.802. The highest BCUT2D eigenvalue weighted by Gasteiger charge is 2.41. The summed E-state index contributed by atoms with van der Waals surface area (Å²) in [6.07, 6.45) is -5.54. The Labute approximate surface area is 123 Å². The van der Waals surface area contributed by atoms with Gasteiger partial charge in [-0.1, -0.05) is 0 Å². The van der Waals surface area contributed by atoms with Crippen LogP contribution in [0.5, 0.6) is 0 Å². The minimum absolute atomic E-state index is 0.231. The molecule has 5 nitrogen and oxygen atoms in total. The number of hydrogen-bond donors (Lipinski definition) is 0. The number of amides is 2. The summed E-state index contributed by atoms with van der Waals surface area (Å²) in [5, 5.41) is 0. The molecule has 0 rings (SSSR count). The van der Waals surface area contributed by atoms with Gasteiger partial charge in [0.2, 0.25) is 0 Å². The molecule has 0 aromatic carbocycles. The standard InChI is InChI=1S/C13H23F3N2O3/c1-7-18(11(20)21-12(3,4)5)9(2)8-17(6)10(19)13(14,15)16/h9H,7-8H2,1-6H3/t9-/m0/s1. The molecule has 0 saturated heterocycles. The fraction of sp³-hybridized carbons (Fsp3) is 0.846. The molecule has 0 unspecified atom stereocenters. The number of carbonyl (C=O) groups excluding carboxylic acids is 2. The van der Waals surface area contributed by atoms with Crippen LogP contribution in [-0.2, 0) is 9.53 Å². The Morgan fingerprint density at radius 2 is 1.67 bits per heavy atom. The summed E-state index contributed by atoms with van der Waals surface area (Å²) in [7, 11) is 1.05. The molecule has 0 spiro atoms. The van der Waals surface area contributed by atoms with E-state index in [2.05, 4.69) is 0 Å². The number of rotatable bonds is 4. The Bertz CT molecular complexity index is 378. The monoisotopic (exact) mass is 312 g/mol. The van der Waals surface area contributed by atoms with Gasteiger partial charge in [-0.05, 0) is 34.6 Å². The van der Waals surface area contributed by atoms with Crippen molar-refractivity contribution in [2.75, 3.05) is 20.1 Å². The van der Waals surface area contributed by atoms with Gasteiger partial charge in [-0.15, -0.1) is 0 Å². The Kier molecular flexibility index (Phi) is 6.51. The zero-order valence-corrected chi connectivity index (χ0v) is 13.2. The van der Waals surface area contributed by atoms with Crippen molar-refractivity contribution in [2.45, 2.75) is 52.4 Å². The molecule has 0 aromatic heterocycles. The van der Waals surface area contributed by atoms with E-state index in [1.165, 1.54) is 4.90 Å². The number of alkyl halides is 3. The van der Waals surface area contributed by atoms with E-state index in [0.717, 1.165) is 7.05 Å². The van der Waals surface area contributed by atoms with Crippen molar-refractivity contribution in [1.82, 2.24) is 9.80 Å². The van der Waals surface area contributed by atoms with Crippen molar-refractivity contribution in [1.29, 1.82) is 0 Å². The molecule has 21 heavy (non-hydrogen) atoms. The second-order valence-electron chi connectivity index (χ2n) is 5.80. The maximum Gasteiger partial charge on any atom is 0.471 e. The summed E-state index contributed by atoms with van der Waals surface area (Å²) in [5.74, 6) is -1.94. The number of ether oxygens (including phenoxy) is 1. The average molecular weight is 312 g/mol. The van der Waals surface area contributed by atoms with Crippen LogP contribution in [-0.4, -0.2) is 59.8 Å². The van der Waals surface area contributed by atoms with Crippen LogP contribution >= 0.6 is 0 Å². The van der Waals surface area contributed by atoms with Crippen LogP contribution in [0, 0.1) is 0 Å². The van der Waals surface area contributed by atoms with Gasteiger partial charge in [0, 0.05) is 26.2 Å². The van der Waals surface area contributed by atoms with Crippen LogP contribution in [0.3, 0.4) is 0 Å². The molecule has 124 valence electrons.